The van der Waals surface area contributed by atoms with Crippen LogP contribution in [0.3, 0.4) is 0 Å². The van der Waals surface area contributed by atoms with E-state index < -0.39 is 11.8 Å². The highest BCUT2D eigenvalue weighted by atomic mass is 19.1. The number of carboxylic acid groups (broad SMARTS) is 1. The number of aromatic nitrogens is 2. The van der Waals surface area contributed by atoms with Crippen LogP contribution in [0.1, 0.15) is 0 Å². The molecule has 0 fully saturated rings. The number of halogens is 1. The van der Waals surface area contributed by atoms with Gasteiger partial charge in [0.05, 0.1) is 19.0 Å². The SMILES string of the molecule is COCCN(CC(=O)O)c1ncc(F)cn1. The van der Waals surface area contributed by atoms with E-state index in [9.17, 15) is 9.18 Å². The van der Waals surface area contributed by atoms with E-state index in [1.807, 2.05) is 0 Å². The summed E-state index contributed by atoms with van der Waals surface area (Å²) in [4.78, 5) is 19.4. The molecular weight excluding hydrogens is 217 g/mol. The second kappa shape index (κ2) is 5.96. The van der Waals surface area contributed by atoms with E-state index >= 15 is 0 Å². The standard InChI is InChI=1S/C9H12FN3O3/c1-16-3-2-13(6-8(14)15)9-11-4-7(10)5-12-9/h4-5H,2-3,6H2,1H3,(H,14,15). The fraction of sp³-hybridized carbons (Fsp3) is 0.444. The lowest BCUT2D eigenvalue weighted by Gasteiger charge is -2.19. The van der Waals surface area contributed by atoms with E-state index in [0.29, 0.717) is 13.2 Å². The Morgan fingerprint density at radius 2 is 2.19 bits per heavy atom. The van der Waals surface area contributed by atoms with Crippen molar-refractivity contribution in [1.82, 2.24) is 9.97 Å². The van der Waals surface area contributed by atoms with Crippen LogP contribution >= 0.6 is 0 Å². The Morgan fingerprint density at radius 1 is 1.56 bits per heavy atom. The maximum atomic E-state index is 12.6. The van der Waals surface area contributed by atoms with E-state index in [-0.39, 0.29) is 12.5 Å². The molecular formula is C9H12FN3O3. The average molecular weight is 229 g/mol. The van der Waals surface area contributed by atoms with E-state index in [1.54, 1.807) is 0 Å². The fourth-order valence-corrected chi connectivity index (χ4v) is 1.08. The predicted molar refractivity (Wildman–Crippen MR) is 53.7 cm³/mol. The second-order valence-electron chi connectivity index (χ2n) is 3.01. The minimum absolute atomic E-state index is 0.167. The summed E-state index contributed by atoms with van der Waals surface area (Å²) < 4.78 is 17.4. The third kappa shape index (κ3) is 3.77. The molecule has 0 saturated carbocycles. The van der Waals surface area contributed by atoms with Crippen LogP contribution in [0.25, 0.3) is 0 Å². The lowest BCUT2D eigenvalue weighted by molar-refractivity contribution is -0.135. The highest BCUT2D eigenvalue weighted by Crippen LogP contribution is 2.05. The number of anilines is 1. The zero-order valence-corrected chi connectivity index (χ0v) is 8.76. The fourth-order valence-electron chi connectivity index (χ4n) is 1.08. The van der Waals surface area contributed by atoms with Gasteiger partial charge < -0.3 is 14.7 Å². The van der Waals surface area contributed by atoms with Crippen molar-refractivity contribution in [2.75, 3.05) is 31.7 Å². The molecule has 0 unspecified atom stereocenters. The largest absolute Gasteiger partial charge is 0.480 e. The van der Waals surface area contributed by atoms with Gasteiger partial charge in [0.25, 0.3) is 0 Å². The average Bonchev–Trinajstić information content (AvgIpc) is 2.25. The molecule has 1 aromatic heterocycles. The van der Waals surface area contributed by atoms with Gasteiger partial charge in [-0.05, 0) is 0 Å². The highest BCUT2D eigenvalue weighted by Gasteiger charge is 2.12. The van der Waals surface area contributed by atoms with Crippen LogP contribution in [-0.2, 0) is 9.53 Å². The van der Waals surface area contributed by atoms with Gasteiger partial charge in [-0.2, -0.15) is 0 Å². The summed E-state index contributed by atoms with van der Waals surface area (Å²) >= 11 is 0. The molecule has 0 spiro atoms. The molecule has 0 aliphatic rings. The summed E-state index contributed by atoms with van der Waals surface area (Å²) in [6, 6.07) is 0. The zero-order chi connectivity index (χ0) is 12.0. The molecule has 0 aromatic carbocycles. The third-order valence-corrected chi connectivity index (χ3v) is 1.78. The number of methoxy groups -OCH3 is 1. The lowest BCUT2D eigenvalue weighted by atomic mass is 10.5. The van der Waals surface area contributed by atoms with Gasteiger partial charge in [-0.1, -0.05) is 0 Å². The van der Waals surface area contributed by atoms with Crippen molar-refractivity contribution in [3.05, 3.63) is 18.2 Å². The van der Waals surface area contributed by atoms with Crippen molar-refractivity contribution >= 4 is 11.9 Å². The van der Waals surface area contributed by atoms with E-state index in [4.69, 9.17) is 9.84 Å². The maximum absolute atomic E-state index is 12.6. The highest BCUT2D eigenvalue weighted by molar-refractivity contribution is 5.72. The van der Waals surface area contributed by atoms with Gasteiger partial charge >= 0.3 is 5.97 Å². The minimum Gasteiger partial charge on any atom is -0.480 e. The van der Waals surface area contributed by atoms with Crippen molar-refractivity contribution in [1.29, 1.82) is 0 Å². The Kier molecular flexibility index (Phi) is 4.59. The lowest BCUT2D eigenvalue weighted by Crippen LogP contribution is -2.34. The Bertz CT molecular complexity index is 344. The molecule has 0 saturated heterocycles. The number of hydrogen-bond acceptors (Lipinski definition) is 5. The third-order valence-electron chi connectivity index (χ3n) is 1.78. The first-order chi connectivity index (χ1) is 7.63. The molecule has 1 aromatic rings. The molecule has 0 aliphatic carbocycles. The molecule has 1 rings (SSSR count). The van der Waals surface area contributed by atoms with Gasteiger partial charge in [0.2, 0.25) is 5.95 Å². The van der Waals surface area contributed by atoms with Crippen molar-refractivity contribution in [2.45, 2.75) is 0 Å². The minimum atomic E-state index is -1.01. The first-order valence-corrected chi connectivity index (χ1v) is 4.56. The molecule has 1 N–H and O–H groups in total. The monoisotopic (exact) mass is 229 g/mol. The summed E-state index contributed by atoms with van der Waals surface area (Å²) in [5.74, 6) is -1.41. The summed E-state index contributed by atoms with van der Waals surface area (Å²) in [6.45, 7) is 0.414. The topological polar surface area (TPSA) is 75.5 Å². The summed E-state index contributed by atoms with van der Waals surface area (Å²) in [5, 5.41) is 8.69. The number of nitrogens with zero attached hydrogens (tertiary/aromatic N) is 3. The molecule has 0 atom stereocenters. The van der Waals surface area contributed by atoms with Gasteiger partial charge in [0.15, 0.2) is 5.82 Å². The maximum Gasteiger partial charge on any atom is 0.323 e. The van der Waals surface area contributed by atoms with Gasteiger partial charge in [-0.3, -0.25) is 4.79 Å². The molecule has 0 amide bonds. The van der Waals surface area contributed by atoms with Crippen LogP contribution < -0.4 is 4.90 Å². The Balaban J connectivity index is 2.74. The smallest absolute Gasteiger partial charge is 0.323 e. The first-order valence-electron chi connectivity index (χ1n) is 4.56. The first kappa shape index (κ1) is 12.3. The van der Waals surface area contributed by atoms with Gasteiger partial charge in [0.1, 0.15) is 6.54 Å². The Hall–Kier alpha value is -1.76. The molecule has 0 bridgehead atoms. The van der Waals surface area contributed by atoms with Crippen molar-refractivity contribution in [2.24, 2.45) is 0 Å². The molecule has 6 nitrogen and oxygen atoms in total. The van der Waals surface area contributed by atoms with Crippen LogP contribution in [0, 0.1) is 5.82 Å². The van der Waals surface area contributed by atoms with E-state index in [0.717, 1.165) is 12.4 Å². The van der Waals surface area contributed by atoms with Gasteiger partial charge in [-0.25, -0.2) is 14.4 Å². The molecule has 0 radical (unpaired) electrons. The molecule has 7 heteroatoms. The number of rotatable bonds is 6. The Labute approximate surface area is 91.7 Å². The molecule has 88 valence electrons. The Morgan fingerprint density at radius 3 is 2.69 bits per heavy atom. The number of aliphatic carboxylic acids is 1. The number of carboxylic acids is 1. The van der Waals surface area contributed by atoms with Crippen LogP contribution in [0.15, 0.2) is 12.4 Å². The molecule has 16 heavy (non-hydrogen) atoms. The number of ether oxygens (including phenoxy) is 1. The second-order valence-corrected chi connectivity index (χ2v) is 3.01. The molecule has 0 aliphatic heterocycles. The normalized spacial score (nSPS) is 10.1. The van der Waals surface area contributed by atoms with Crippen LogP contribution in [-0.4, -0.2) is 47.8 Å². The van der Waals surface area contributed by atoms with Crippen LogP contribution in [0.5, 0.6) is 0 Å². The summed E-state index contributed by atoms with van der Waals surface area (Å²) in [5.41, 5.74) is 0. The van der Waals surface area contributed by atoms with Gasteiger partial charge in [0, 0.05) is 13.7 Å². The summed E-state index contributed by atoms with van der Waals surface area (Å²) in [7, 11) is 1.50. The quantitative estimate of drug-likeness (QED) is 0.748. The van der Waals surface area contributed by atoms with Crippen LogP contribution in [0.4, 0.5) is 10.3 Å². The summed E-state index contributed by atoms with van der Waals surface area (Å²) in [6.07, 6.45) is 1.98. The van der Waals surface area contributed by atoms with Crippen LogP contribution in [0.2, 0.25) is 0 Å². The number of hydrogen-bond donors (Lipinski definition) is 1. The van der Waals surface area contributed by atoms with E-state index in [2.05, 4.69) is 9.97 Å². The zero-order valence-electron chi connectivity index (χ0n) is 8.76. The number of carbonyl (C=O) groups is 1. The van der Waals surface area contributed by atoms with Crippen molar-refractivity contribution in [3.8, 4) is 0 Å². The predicted octanol–water partition coefficient (Wildman–Crippen LogP) is 0.153. The van der Waals surface area contributed by atoms with Crippen molar-refractivity contribution in [3.63, 3.8) is 0 Å². The molecule has 1 heterocycles. The van der Waals surface area contributed by atoms with E-state index in [1.165, 1.54) is 12.0 Å². The van der Waals surface area contributed by atoms with Crippen molar-refractivity contribution < 1.29 is 19.0 Å². The van der Waals surface area contributed by atoms with Gasteiger partial charge in [-0.15, -0.1) is 0 Å².